The number of hydrogen-bond donors (Lipinski definition) is 3. The number of oxime groups is 1. The molecule has 0 saturated heterocycles. The van der Waals surface area contributed by atoms with Gasteiger partial charge in [0.2, 0.25) is 0 Å². The van der Waals surface area contributed by atoms with Crippen molar-refractivity contribution in [2.45, 2.75) is 6.92 Å². The second kappa shape index (κ2) is 3.68. The molecule has 4 nitrogen and oxygen atoms in total. The van der Waals surface area contributed by atoms with E-state index in [-0.39, 0.29) is 0 Å². The van der Waals surface area contributed by atoms with Gasteiger partial charge in [-0.15, -0.1) is 0 Å². The van der Waals surface area contributed by atoms with E-state index in [1.165, 1.54) is 0 Å². The topological polar surface area (TPSA) is 78.8 Å². The molecule has 82 valence electrons. The molecule has 0 aliphatic carbocycles. The maximum Gasteiger partial charge on any atom is 0.177 e. The molecule has 0 aliphatic rings. The van der Waals surface area contributed by atoms with Gasteiger partial charge < -0.3 is 16.0 Å². The van der Waals surface area contributed by atoms with Crippen molar-refractivity contribution in [3.05, 3.63) is 28.6 Å². The van der Waals surface area contributed by atoms with Crippen LogP contribution < -0.4 is 5.73 Å². The summed E-state index contributed by atoms with van der Waals surface area (Å²) in [4.78, 5) is 0. The van der Waals surface area contributed by atoms with Crippen LogP contribution in [0.2, 0.25) is 0 Å². The summed E-state index contributed by atoms with van der Waals surface area (Å²) < 4.78 is 39.3. The van der Waals surface area contributed by atoms with Crippen molar-refractivity contribution in [3.8, 4) is 5.75 Å². The Kier molecular flexibility index (Phi) is 2.74. The molecule has 0 radical (unpaired) electrons. The number of phenols is 1. The van der Waals surface area contributed by atoms with Crippen LogP contribution in [0.3, 0.4) is 0 Å². The molecule has 1 rings (SSSR count). The molecule has 0 heterocycles. The summed E-state index contributed by atoms with van der Waals surface area (Å²) in [7, 11) is 0. The van der Waals surface area contributed by atoms with Crippen molar-refractivity contribution < 1.29 is 23.5 Å². The van der Waals surface area contributed by atoms with E-state index in [0.717, 1.165) is 6.92 Å². The molecule has 0 saturated carbocycles. The number of aromatic hydroxyl groups is 1. The van der Waals surface area contributed by atoms with Crippen molar-refractivity contribution in [2.75, 3.05) is 0 Å². The van der Waals surface area contributed by atoms with E-state index in [1.54, 1.807) is 0 Å². The van der Waals surface area contributed by atoms with E-state index in [0.29, 0.717) is 0 Å². The van der Waals surface area contributed by atoms with Gasteiger partial charge in [0.05, 0.1) is 0 Å². The molecular weight excluding hydrogens is 213 g/mol. The maximum absolute atomic E-state index is 13.2. The minimum Gasteiger partial charge on any atom is -0.504 e. The standard InChI is InChI=1S/C8H7F3N2O2/c1-2-4(9)6(11)3(8(12)13-15)7(14)5(2)10/h14-15H,1H3,(H2,12,13). The van der Waals surface area contributed by atoms with Gasteiger partial charge in [-0.25, -0.2) is 13.2 Å². The Bertz CT molecular complexity index is 417. The third-order valence-corrected chi connectivity index (χ3v) is 1.88. The Morgan fingerprint density at radius 1 is 1.20 bits per heavy atom. The van der Waals surface area contributed by atoms with Crippen molar-refractivity contribution in [1.82, 2.24) is 0 Å². The Morgan fingerprint density at radius 3 is 2.20 bits per heavy atom. The van der Waals surface area contributed by atoms with E-state index in [1.807, 2.05) is 0 Å². The van der Waals surface area contributed by atoms with Crippen LogP contribution in [0.25, 0.3) is 0 Å². The van der Waals surface area contributed by atoms with Crippen molar-refractivity contribution >= 4 is 5.84 Å². The first-order valence-electron chi connectivity index (χ1n) is 3.75. The number of nitrogens with zero attached hydrogens (tertiary/aromatic N) is 1. The molecule has 15 heavy (non-hydrogen) atoms. The van der Waals surface area contributed by atoms with Crippen LogP contribution >= 0.6 is 0 Å². The molecule has 0 spiro atoms. The normalized spacial score (nSPS) is 11.9. The minimum atomic E-state index is -1.57. The summed E-state index contributed by atoms with van der Waals surface area (Å²) in [5, 5.41) is 19.7. The Labute approximate surface area is 82.4 Å². The average Bonchev–Trinajstić information content (AvgIpc) is 2.23. The minimum absolute atomic E-state index is 0.681. The van der Waals surface area contributed by atoms with Gasteiger partial charge in [0.25, 0.3) is 0 Å². The lowest BCUT2D eigenvalue weighted by Crippen LogP contribution is -2.17. The van der Waals surface area contributed by atoms with Gasteiger partial charge in [0.15, 0.2) is 29.0 Å². The Balaban J connectivity index is 3.67. The fraction of sp³-hybridized carbons (Fsp3) is 0.125. The van der Waals surface area contributed by atoms with E-state index >= 15 is 0 Å². The third-order valence-electron chi connectivity index (χ3n) is 1.88. The second-order valence-corrected chi connectivity index (χ2v) is 2.78. The third kappa shape index (κ3) is 1.56. The lowest BCUT2D eigenvalue weighted by Gasteiger charge is -2.08. The van der Waals surface area contributed by atoms with Crippen LogP contribution in [-0.2, 0) is 0 Å². The number of benzene rings is 1. The quantitative estimate of drug-likeness (QED) is 0.219. The van der Waals surface area contributed by atoms with Gasteiger partial charge in [-0.1, -0.05) is 5.16 Å². The molecule has 0 unspecified atom stereocenters. The molecule has 0 bridgehead atoms. The molecule has 0 aromatic heterocycles. The molecule has 0 aliphatic heterocycles. The molecule has 0 atom stereocenters. The highest BCUT2D eigenvalue weighted by atomic mass is 19.2. The number of hydrogen-bond acceptors (Lipinski definition) is 3. The highest BCUT2D eigenvalue weighted by molar-refractivity contribution is 5.99. The first-order valence-corrected chi connectivity index (χ1v) is 3.75. The fourth-order valence-corrected chi connectivity index (χ4v) is 1.05. The van der Waals surface area contributed by atoms with Gasteiger partial charge in [0.1, 0.15) is 5.56 Å². The maximum atomic E-state index is 13.2. The van der Waals surface area contributed by atoms with Crippen LogP contribution in [0.4, 0.5) is 13.2 Å². The van der Waals surface area contributed by atoms with Crippen molar-refractivity contribution in [1.29, 1.82) is 0 Å². The number of halogens is 3. The molecular formula is C8H7F3N2O2. The Morgan fingerprint density at radius 2 is 1.73 bits per heavy atom. The molecule has 4 N–H and O–H groups in total. The molecule has 7 heteroatoms. The zero-order valence-electron chi connectivity index (χ0n) is 7.55. The van der Waals surface area contributed by atoms with Crippen LogP contribution in [0.5, 0.6) is 5.75 Å². The first kappa shape index (κ1) is 11.2. The zero-order chi connectivity index (χ0) is 11.7. The Hall–Kier alpha value is -1.92. The predicted molar refractivity (Wildman–Crippen MR) is 45.2 cm³/mol. The van der Waals surface area contributed by atoms with Gasteiger partial charge in [-0.2, -0.15) is 0 Å². The van der Waals surface area contributed by atoms with Crippen LogP contribution in [0, 0.1) is 24.4 Å². The van der Waals surface area contributed by atoms with Crippen LogP contribution in [-0.4, -0.2) is 16.1 Å². The summed E-state index contributed by atoms with van der Waals surface area (Å²) in [6, 6.07) is 0. The highest BCUT2D eigenvalue weighted by Crippen LogP contribution is 2.29. The fourth-order valence-electron chi connectivity index (χ4n) is 1.05. The van der Waals surface area contributed by atoms with E-state index in [2.05, 4.69) is 5.16 Å². The lowest BCUT2D eigenvalue weighted by molar-refractivity contribution is 0.317. The van der Waals surface area contributed by atoms with Gasteiger partial charge in [-0.05, 0) is 6.92 Å². The van der Waals surface area contributed by atoms with E-state index in [4.69, 9.17) is 16.0 Å². The highest BCUT2D eigenvalue weighted by Gasteiger charge is 2.24. The summed E-state index contributed by atoms with van der Waals surface area (Å²) >= 11 is 0. The predicted octanol–water partition coefficient (Wildman–Crippen LogP) is 1.21. The van der Waals surface area contributed by atoms with Gasteiger partial charge in [0, 0.05) is 5.56 Å². The molecule has 1 aromatic rings. The van der Waals surface area contributed by atoms with Crippen molar-refractivity contribution in [3.63, 3.8) is 0 Å². The molecule has 0 amide bonds. The van der Waals surface area contributed by atoms with Gasteiger partial charge in [-0.3, -0.25) is 0 Å². The summed E-state index contributed by atoms with van der Waals surface area (Å²) in [6.45, 7) is 0.948. The van der Waals surface area contributed by atoms with E-state index < -0.39 is 40.2 Å². The smallest absolute Gasteiger partial charge is 0.177 e. The SMILES string of the molecule is Cc1c(F)c(O)c(/C(N)=N/O)c(F)c1F. The number of rotatable bonds is 1. The summed E-state index contributed by atoms with van der Waals surface area (Å²) in [5.41, 5.74) is 3.27. The largest absolute Gasteiger partial charge is 0.504 e. The monoisotopic (exact) mass is 220 g/mol. The van der Waals surface area contributed by atoms with Crippen LogP contribution in [0.1, 0.15) is 11.1 Å². The number of nitrogens with two attached hydrogens (primary N) is 1. The number of amidine groups is 1. The first-order chi connectivity index (χ1) is 6.91. The zero-order valence-corrected chi connectivity index (χ0v) is 7.55. The summed E-state index contributed by atoms with van der Waals surface area (Å²) in [6.07, 6.45) is 0. The molecule has 0 fully saturated rings. The lowest BCUT2D eigenvalue weighted by atomic mass is 10.1. The summed E-state index contributed by atoms with van der Waals surface area (Å²) in [5.74, 6) is -6.52. The second-order valence-electron chi connectivity index (χ2n) is 2.78. The molecule has 1 aromatic carbocycles. The van der Waals surface area contributed by atoms with Gasteiger partial charge >= 0.3 is 0 Å². The number of phenolic OH excluding ortho intramolecular Hbond substituents is 1. The average molecular weight is 220 g/mol. The van der Waals surface area contributed by atoms with E-state index in [9.17, 15) is 13.2 Å². The van der Waals surface area contributed by atoms with Crippen LogP contribution in [0.15, 0.2) is 5.16 Å². The van der Waals surface area contributed by atoms with Crippen molar-refractivity contribution in [2.24, 2.45) is 10.9 Å².